The van der Waals surface area contributed by atoms with Crippen LogP contribution in [0.2, 0.25) is 5.02 Å². The van der Waals surface area contributed by atoms with E-state index in [4.69, 9.17) is 25.8 Å². The molecule has 6 nitrogen and oxygen atoms in total. The minimum Gasteiger partial charge on any atom is -0.495 e. The smallest absolute Gasteiger partial charge is 0.338 e. The van der Waals surface area contributed by atoms with Crippen LogP contribution in [0.1, 0.15) is 27.9 Å². The van der Waals surface area contributed by atoms with E-state index in [0.29, 0.717) is 27.8 Å². The quantitative estimate of drug-likeness (QED) is 0.763. The van der Waals surface area contributed by atoms with Gasteiger partial charge in [0.15, 0.2) is 6.61 Å². The Labute approximate surface area is 162 Å². The number of anilines is 1. The minimum absolute atomic E-state index is 0.357. The van der Waals surface area contributed by atoms with Gasteiger partial charge < -0.3 is 19.5 Å². The van der Waals surface area contributed by atoms with Crippen molar-refractivity contribution in [2.75, 3.05) is 26.1 Å². The summed E-state index contributed by atoms with van der Waals surface area (Å²) in [6.45, 7) is -0.413. The largest absolute Gasteiger partial charge is 0.495 e. The van der Waals surface area contributed by atoms with Crippen LogP contribution in [-0.4, -0.2) is 32.7 Å². The molecule has 0 bridgehead atoms. The fourth-order valence-electron chi connectivity index (χ4n) is 3.06. The first-order chi connectivity index (χ1) is 13.0. The predicted molar refractivity (Wildman–Crippen MR) is 102 cm³/mol. The van der Waals surface area contributed by atoms with Crippen molar-refractivity contribution in [2.45, 2.75) is 19.3 Å². The van der Waals surface area contributed by atoms with Crippen LogP contribution in [0, 0.1) is 0 Å². The maximum absolute atomic E-state index is 12.2. The van der Waals surface area contributed by atoms with Gasteiger partial charge in [0, 0.05) is 12.1 Å². The Morgan fingerprint density at radius 1 is 1.04 bits per heavy atom. The minimum atomic E-state index is -0.527. The summed E-state index contributed by atoms with van der Waals surface area (Å²) in [5.41, 5.74) is 3.27. The summed E-state index contributed by atoms with van der Waals surface area (Å²) in [7, 11) is 2.93. The van der Waals surface area contributed by atoms with Crippen molar-refractivity contribution >= 4 is 29.2 Å². The predicted octanol–water partition coefficient (Wildman–Crippen LogP) is 3.64. The third-order valence-corrected chi connectivity index (χ3v) is 4.71. The third kappa shape index (κ3) is 4.34. The number of amides is 1. The molecule has 2 aromatic rings. The van der Waals surface area contributed by atoms with E-state index >= 15 is 0 Å². The highest BCUT2D eigenvalue weighted by Crippen LogP contribution is 2.35. The monoisotopic (exact) mass is 389 g/mol. The molecule has 0 aliphatic heterocycles. The van der Waals surface area contributed by atoms with Gasteiger partial charge in [0.2, 0.25) is 0 Å². The molecule has 27 heavy (non-hydrogen) atoms. The van der Waals surface area contributed by atoms with Gasteiger partial charge in [-0.15, -0.1) is 0 Å². The van der Waals surface area contributed by atoms with Gasteiger partial charge in [-0.25, -0.2) is 4.79 Å². The highest BCUT2D eigenvalue weighted by atomic mass is 35.5. The number of rotatable bonds is 6. The lowest BCUT2D eigenvalue weighted by molar-refractivity contribution is -0.119. The Bertz CT molecular complexity index is 881. The third-order valence-electron chi connectivity index (χ3n) is 4.42. The molecule has 1 aliphatic carbocycles. The van der Waals surface area contributed by atoms with Gasteiger partial charge in [-0.3, -0.25) is 4.79 Å². The van der Waals surface area contributed by atoms with Crippen LogP contribution < -0.4 is 14.8 Å². The number of carbonyl (C=O) groups excluding carboxylic acids is 2. The Kier molecular flexibility index (Phi) is 5.86. The van der Waals surface area contributed by atoms with Gasteiger partial charge in [-0.1, -0.05) is 17.7 Å². The van der Waals surface area contributed by atoms with E-state index in [9.17, 15) is 9.59 Å². The molecular weight excluding hydrogens is 370 g/mol. The molecule has 0 saturated carbocycles. The van der Waals surface area contributed by atoms with E-state index in [2.05, 4.69) is 5.32 Å². The van der Waals surface area contributed by atoms with Crippen molar-refractivity contribution < 1.29 is 23.8 Å². The first kappa shape index (κ1) is 19.0. The molecule has 0 heterocycles. The number of aryl methyl sites for hydroxylation is 2. The van der Waals surface area contributed by atoms with Gasteiger partial charge in [0.1, 0.15) is 11.5 Å². The lowest BCUT2D eigenvalue weighted by atomic mass is 10.1. The molecular formula is C20H20ClNO5. The molecule has 0 saturated heterocycles. The average Bonchev–Trinajstić information content (AvgIpc) is 3.14. The van der Waals surface area contributed by atoms with Crippen LogP contribution in [0.4, 0.5) is 5.69 Å². The zero-order valence-electron chi connectivity index (χ0n) is 15.1. The summed E-state index contributed by atoms with van der Waals surface area (Å²) >= 11 is 6.04. The van der Waals surface area contributed by atoms with Crippen molar-refractivity contribution in [1.82, 2.24) is 0 Å². The maximum atomic E-state index is 12.2. The summed E-state index contributed by atoms with van der Waals surface area (Å²) in [6.07, 6.45) is 3.11. The summed E-state index contributed by atoms with van der Waals surface area (Å²) in [6, 6.07) is 8.60. The molecule has 0 unspecified atom stereocenters. The first-order valence-electron chi connectivity index (χ1n) is 8.52. The Morgan fingerprint density at radius 3 is 2.52 bits per heavy atom. The SMILES string of the molecule is COc1cc(NC(=O)COC(=O)c2ccc3c(c2)CCC3)c(OC)cc1Cl. The van der Waals surface area contributed by atoms with Gasteiger partial charge >= 0.3 is 5.97 Å². The number of carbonyl (C=O) groups is 2. The van der Waals surface area contributed by atoms with Gasteiger partial charge in [-0.05, 0) is 42.5 Å². The molecule has 2 aromatic carbocycles. The van der Waals surface area contributed by atoms with E-state index in [-0.39, 0.29) is 0 Å². The molecule has 0 fully saturated rings. The van der Waals surface area contributed by atoms with Crippen LogP contribution in [0.5, 0.6) is 11.5 Å². The van der Waals surface area contributed by atoms with E-state index in [1.54, 1.807) is 12.1 Å². The molecule has 0 aromatic heterocycles. The summed E-state index contributed by atoms with van der Waals surface area (Å²) < 4.78 is 15.5. The number of methoxy groups -OCH3 is 2. The number of hydrogen-bond acceptors (Lipinski definition) is 5. The molecule has 0 radical (unpaired) electrons. The van der Waals surface area contributed by atoms with Gasteiger partial charge in [-0.2, -0.15) is 0 Å². The van der Waals surface area contributed by atoms with Crippen molar-refractivity contribution in [3.63, 3.8) is 0 Å². The molecule has 1 N–H and O–H groups in total. The number of hydrogen-bond donors (Lipinski definition) is 1. The van der Waals surface area contributed by atoms with Crippen LogP contribution in [-0.2, 0) is 22.4 Å². The van der Waals surface area contributed by atoms with Gasteiger partial charge in [0.25, 0.3) is 5.91 Å². The summed E-state index contributed by atoms with van der Waals surface area (Å²) in [5, 5.41) is 2.99. The Hall–Kier alpha value is -2.73. The second-order valence-corrected chi connectivity index (χ2v) is 6.56. The van der Waals surface area contributed by atoms with Crippen LogP contribution in [0.15, 0.2) is 30.3 Å². The van der Waals surface area contributed by atoms with Crippen LogP contribution in [0.3, 0.4) is 0 Å². The highest BCUT2D eigenvalue weighted by molar-refractivity contribution is 6.32. The van der Waals surface area contributed by atoms with Crippen molar-refractivity contribution in [3.05, 3.63) is 52.0 Å². The lowest BCUT2D eigenvalue weighted by Gasteiger charge is -2.13. The fraction of sp³-hybridized carbons (Fsp3) is 0.300. The second-order valence-electron chi connectivity index (χ2n) is 6.15. The number of esters is 1. The van der Waals surface area contributed by atoms with Crippen LogP contribution in [0.25, 0.3) is 0 Å². The number of halogens is 1. The standard InChI is InChI=1S/C20H20ClNO5/c1-25-17-10-16(18(26-2)9-15(17)21)22-19(23)11-27-20(24)14-7-6-12-4-3-5-13(12)8-14/h6-10H,3-5,11H2,1-2H3,(H,22,23). The number of benzene rings is 2. The number of nitrogens with one attached hydrogen (secondary N) is 1. The van der Waals surface area contributed by atoms with Crippen molar-refractivity contribution in [1.29, 1.82) is 0 Å². The van der Waals surface area contributed by atoms with Crippen LogP contribution >= 0.6 is 11.6 Å². The molecule has 1 amide bonds. The molecule has 1 aliphatic rings. The summed E-state index contributed by atoms with van der Waals surface area (Å²) in [4.78, 5) is 24.4. The normalized spacial score (nSPS) is 12.3. The maximum Gasteiger partial charge on any atom is 0.338 e. The first-order valence-corrected chi connectivity index (χ1v) is 8.90. The lowest BCUT2D eigenvalue weighted by Crippen LogP contribution is -2.21. The Morgan fingerprint density at radius 2 is 1.78 bits per heavy atom. The zero-order chi connectivity index (χ0) is 19.4. The molecule has 3 rings (SSSR count). The van der Waals surface area contributed by atoms with E-state index < -0.39 is 18.5 Å². The fourth-order valence-corrected chi connectivity index (χ4v) is 3.29. The number of fused-ring (bicyclic) bond motifs is 1. The number of ether oxygens (including phenoxy) is 3. The van der Waals surface area contributed by atoms with Gasteiger partial charge in [0.05, 0.1) is 30.5 Å². The second kappa shape index (κ2) is 8.31. The van der Waals surface area contributed by atoms with Crippen molar-refractivity contribution in [3.8, 4) is 11.5 Å². The van der Waals surface area contributed by atoms with E-state index in [0.717, 1.165) is 19.3 Å². The van der Waals surface area contributed by atoms with E-state index in [1.807, 2.05) is 12.1 Å². The molecule has 142 valence electrons. The topological polar surface area (TPSA) is 73.9 Å². The highest BCUT2D eigenvalue weighted by Gasteiger charge is 2.17. The van der Waals surface area contributed by atoms with Crippen molar-refractivity contribution in [2.24, 2.45) is 0 Å². The molecule has 0 spiro atoms. The Balaban J connectivity index is 1.62. The van der Waals surface area contributed by atoms with E-state index in [1.165, 1.54) is 31.4 Å². The summed E-state index contributed by atoms with van der Waals surface area (Å²) in [5.74, 6) is -0.255. The zero-order valence-corrected chi connectivity index (χ0v) is 15.9. The average molecular weight is 390 g/mol. The molecule has 0 atom stereocenters. The molecule has 7 heteroatoms.